The second-order valence-electron chi connectivity index (χ2n) is 5.76. The van der Waals surface area contributed by atoms with Gasteiger partial charge < -0.3 is 10.6 Å². The van der Waals surface area contributed by atoms with E-state index in [-0.39, 0.29) is 5.41 Å². The van der Waals surface area contributed by atoms with Crippen LogP contribution < -0.4 is 10.6 Å². The van der Waals surface area contributed by atoms with Crippen molar-refractivity contribution in [3.8, 4) is 0 Å². The molecular formula is C16H22BrN3. The Hall–Kier alpha value is -1.13. The highest BCUT2D eigenvalue weighted by Crippen LogP contribution is 2.30. The molecule has 1 atom stereocenters. The predicted octanol–water partition coefficient (Wildman–Crippen LogP) is 3.43. The predicted molar refractivity (Wildman–Crippen MR) is 89.9 cm³/mol. The van der Waals surface area contributed by atoms with Gasteiger partial charge in [-0.3, -0.25) is 4.99 Å². The van der Waals surface area contributed by atoms with Crippen molar-refractivity contribution in [2.75, 3.05) is 13.6 Å². The van der Waals surface area contributed by atoms with Gasteiger partial charge in [0.15, 0.2) is 0 Å². The summed E-state index contributed by atoms with van der Waals surface area (Å²) in [6.07, 6.45) is 5.19. The average Bonchev–Trinajstić information content (AvgIpc) is 2.77. The lowest BCUT2D eigenvalue weighted by Gasteiger charge is -2.27. The number of halogens is 1. The minimum atomic E-state index is 0.243. The number of nitrogens with zero attached hydrogens (tertiary/aromatic N) is 1. The van der Waals surface area contributed by atoms with Crippen molar-refractivity contribution in [3.63, 3.8) is 0 Å². The minimum absolute atomic E-state index is 0.243. The maximum Gasteiger partial charge on any atom is 0.118 e. The number of hydrogen-bond donors (Lipinski definition) is 2. The van der Waals surface area contributed by atoms with Crippen LogP contribution in [0.2, 0.25) is 0 Å². The standard InChI is InChI=1S/C16H22BrN3/c1-16(2)9-11-19-14(16)15(18-3)20-10-8-12-4-6-13(17)7-5-12/h4-8,10,14,19H,9,11H2,1-3H3,(H,18,20)/b10-8+/t14-/m1/s1. The number of amidine groups is 1. The maximum absolute atomic E-state index is 4.40. The second-order valence-corrected chi connectivity index (χ2v) is 6.68. The molecule has 2 N–H and O–H groups in total. The molecule has 0 aliphatic carbocycles. The molecule has 2 rings (SSSR count). The fourth-order valence-corrected chi connectivity index (χ4v) is 2.76. The summed E-state index contributed by atoms with van der Waals surface area (Å²) in [5.41, 5.74) is 1.41. The van der Waals surface area contributed by atoms with Gasteiger partial charge in [0.1, 0.15) is 5.84 Å². The first-order valence-electron chi connectivity index (χ1n) is 6.91. The van der Waals surface area contributed by atoms with Gasteiger partial charge in [0, 0.05) is 17.7 Å². The van der Waals surface area contributed by atoms with Gasteiger partial charge in [0.2, 0.25) is 0 Å². The van der Waals surface area contributed by atoms with E-state index in [1.807, 2.05) is 25.4 Å². The van der Waals surface area contributed by atoms with E-state index in [9.17, 15) is 0 Å². The summed E-state index contributed by atoms with van der Waals surface area (Å²) in [6.45, 7) is 5.61. The minimum Gasteiger partial charge on any atom is -0.349 e. The molecule has 0 radical (unpaired) electrons. The highest BCUT2D eigenvalue weighted by molar-refractivity contribution is 9.10. The number of benzene rings is 1. The molecule has 1 fully saturated rings. The van der Waals surface area contributed by atoms with E-state index in [0.717, 1.165) is 22.4 Å². The summed E-state index contributed by atoms with van der Waals surface area (Å²) in [5, 5.41) is 6.85. The van der Waals surface area contributed by atoms with Crippen LogP contribution in [0.3, 0.4) is 0 Å². The molecule has 108 valence electrons. The third-order valence-corrected chi connectivity index (χ3v) is 4.32. The number of aliphatic imine (C=N–C) groups is 1. The molecule has 1 aromatic rings. The molecule has 1 aliphatic heterocycles. The quantitative estimate of drug-likeness (QED) is 0.655. The molecule has 1 heterocycles. The zero-order valence-electron chi connectivity index (χ0n) is 12.3. The zero-order chi connectivity index (χ0) is 14.6. The maximum atomic E-state index is 4.40. The lowest BCUT2D eigenvalue weighted by molar-refractivity contribution is 0.369. The van der Waals surface area contributed by atoms with Crippen molar-refractivity contribution in [1.29, 1.82) is 0 Å². The summed E-state index contributed by atoms with van der Waals surface area (Å²) >= 11 is 3.44. The Bertz CT molecular complexity index is 503. The van der Waals surface area contributed by atoms with E-state index >= 15 is 0 Å². The highest BCUT2D eigenvalue weighted by atomic mass is 79.9. The van der Waals surface area contributed by atoms with Gasteiger partial charge in [0.05, 0.1) is 6.04 Å². The summed E-state index contributed by atoms with van der Waals surface area (Å²) in [5.74, 6) is 1.00. The van der Waals surface area contributed by atoms with E-state index < -0.39 is 0 Å². The lowest BCUT2D eigenvalue weighted by Crippen LogP contribution is -2.45. The van der Waals surface area contributed by atoms with E-state index in [2.05, 4.69) is 63.6 Å². The van der Waals surface area contributed by atoms with Gasteiger partial charge in [-0.2, -0.15) is 0 Å². The molecule has 0 aromatic heterocycles. The topological polar surface area (TPSA) is 36.4 Å². The largest absolute Gasteiger partial charge is 0.349 e. The van der Waals surface area contributed by atoms with Crippen molar-refractivity contribution < 1.29 is 0 Å². The fourth-order valence-electron chi connectivity index (χ4n) is 2.50. The van der Waals surface area contributed by atoms with Gasteiger partial charge >= 0.3 is 0 Å². The summed E-state index contributed by atoms with van der Waals surface area (Å²) in [4.78, 5) is 4.40. The summed E-state index contributed by atoms with van der Waals surface area (Å²) in [6, 6.07) is 8.51. The van der Waals surface area contributed by atoms with Crippen molar-refractivity contribution >= 4 is 27.8 Å². The molecule has 0 amide bonds. The molecule has 4 heteroatoms. The zero-order valence-corrected chi connectivity index (χ0v) is 13.9. The Labute approximate surface area is 129 Å². The van der Waals surface area contributed by atoms with Crippen LogP contribution in [0.5, 0.6) is 0 Å². The Morgan fingerprint density at radius 2 is 2.10 bits per heavy atom. The second kappa shape index (κ2) is 6.55. The normalized spacial score (nSPS) is 22.4. The van der Waals surface area contributed by atoms with Crippen molar-refractivity contribution in [2.24, 2.45) is 10.4 Å². The van der Waals surface area contributed by atoms with Crippen LogP contribution in [-0.4, -0.2) is 25.5 Å². The number of nitrogens with one attached hydrogen (secondary N) is 2. The van der Waals surface area contributed by atoms with E-state index in [0.29, 0.717) is 6.04 Å². The highest BCUT2D eigenvalue weighted by Gasteiger charge is 2.37. The number of rotatable bonds is 3. The fraction of sp³-hybridized carbons (Fsp3) is 0.438. The first-order chi connectivity index (χ1) is 9.53. The van der Waals surface area contributed by atoms with Crippen LogP contribution in [0.4, 0.5) is 0 Å². The molecule has 0 unspecified atom stereocenters. The summed E-state index contributed by atoms with van der Waals surface area (Å²) < 4.78 is 1.09. The third kappa shape index (κ3) is 3.70. The molecular weight excluding hydrogens is 314 g/mol. The van der Waals surface area contributed by atoms with Crippen LogP contribution in [-0.2, 0) is 0 Å². The summed E-state index contributed by atoms with van der Waals surface area (Å²) in [7, 11) is 1.84. The van der Waals surface area contributed by atoms with Gasteiger partial charge in [-0.05, 0) is 42.2 Å². The van der Waals surface area contributed by atoms with Crippen LogP contribution in [0, 0.1) is 5.41 Å². The smallest absolute Gasteiger partial charge is 0.118 e. The van der Waals surface area contributed by atoms with Gasteiger partial charge in [-0.15, -0.1) is 0 Å². The van der Waals surface area contributed by atoms with Gasteiger partial charge in [0.25, 0.3) is 0 Å². The van der Waals surface area contributed by atoms with Crippen LogP contribution in [0.15, 0.2) is 39.9 Å². The average molecular weight is 336 g/mol. The van der Waals surface area contributed by atoms with Crippen LogP contribution in [0.1, 0.15) is 25.8 Å². The van der Waals surface area contributed by atoms with E-state index in [1.54, 1.807) is 0 Å². The molecule has 1 saturated heterocycles. The Morgan fingerprint density at radius 1 is 1.40 bits per heavy atom. The molecule has 0 saturated carbocycles. The lowest BCUT2D eigenvalue weighted by atomic mass is 9.84. The van der Waals surface area contributed by atoms with E-state index in [4.69, 9.17) is 0 Å². The first kappa shape index (κ1) is 15.3. The first-order valence-corrected chi connectivity index (χ1v) is 7.71. The van der Waals surface area contributed by atoms with Gasteiger partial charge in [-0.1, -0.05) is 41.9 Å². The molecule has 3 nitrogen and oxygen atoms in total. The van der Waals surface area contributed by atoms with Crippen molar-refractivity contribution in [3.05, 3.63) is 40.5 Å². The Balaban J connectivity index is 1.99. The SMILES string of the molecule is CN=C(N/C=C/c1ccc(Br)cc1)[C@H]1NCCC1(C)C. The van der Waals surface area contributed by atoms with E-state index in [1.165, 1.54) is 6.42 Å². The van der Waals surface area contributed by atoms with Crippen molar-refractivity contribution in [1.82, 2.24) is 10.6 Å². The van der Waals surface area contributed by atoms with Crippen molar-refractivity contribution in [2.45, 2.75) is 26.3 Å². The molecule has 1 aliphatic rings. The third-order valence-electron chi connectivity index (χ3n) is 3.79. The van der Waals surface area contributed by atoms with Gasteiger partial charge in [-0.25, -0.2) is 0 Å². The molecule has 0 bridgehead atoms. The molecule has 1 aromatic carbocycles. The molecule has 20 heavy (non-hydrogen) atoms. The number of hydrogen-bond acceptors (Lipinski definition) is 2. The Morgan fingerprint density at radius 3 is 2.65 bits per heavy atom. The van der Waals surface area contributed by atoms with Crippen LogP contribution in [0.25, 0.3) is 6.08 Å². The monoisotopic (exact) mass is 335 g/mol. The Kier molecular flexibility index (Phi) is 5.00. The molecule has 0 spiro atoms. The van der Waals surface area contributed by atoms with Crippen LogP contribution >= 0.6 is 15.9 Å².